The van der Waals surface area contributed by atoms with Crippen LogP contribution in [0.25, 0.3) is 11.5 Å². The molecule has 1 amide bonds. The highest BCUT2D eigenvalue weighted by atomic mass is 32.2. The van der Waals surface area contributed by atoms with Crippen LogP contribution in [-0.4, -0.2) is 48.0 Å². The molecule has 30 heavy (non-hydrogen) atoms. The maximum atomic E-state index is 12.6. The van der Waals surface area contributed by atoms with Crippen molar-refractivity contribution in [2.24, 2.45) is 0 Å². The Bertz CT molecular complexity index is 1100. The summed E-state index contributed by atoms with van der Waals surface area (Å²) in [6.07, 6.45) is 3.87. The summed E-state index contributed by atoms with van der Waals surface area (Å²) < 4.78 is 37.4. The zero-order valence-electron chi connectivity index (χ0n) is 16.4. The first-order chi connectivity index (χ1) is 14.4. The Balaban J connectivity index is 1.42. The first kappa shape index (κ1) is 20.3. The average molecular weight is 430 g/mol. The fourth-order valence-corrected chi connectivity index (χ4v) is 4.86. The number of hydrogen-bond acceptors (Lipinski definition) is 7. The minimum Gasteiger partial charge on any atom is -0.469 e. The van der Waals surface area contributed by atoms with Crippen LogP contribution >= 0.6 is 0 Å². The Hall–Kier alpha value is -2.98. The standard InChI is InChI=1S/C20H22N4O5S/c1-14(13-16-5-4-12-28-16)21-18(25)20-23-22-19(29-20)15-6-8-17(9-7-15)30(26,27)24-10-2-3-11-24/h4-9,12,14H,2-3,10-11,13H2,1H3,(H,21,25). The summed E-state index contributed by atoms with van der Waals surface area (Å²) in [7, 11) is -3.49. The van der Waals surface area contributed by atoms with Crippen LogP contribution in [0.2, 0.25) is 0 Å². The van der Waals surface area contributed by atoms with Gasteiger partial charge in [0.05, 0.1) is 11.2 Å². The van der Waals surface area contributed by atoms with Crippen LogP contribution in [0.5, 0.6) is 0 Å². The van der Waals surface area contributed by atoms with Crippen LogP contribution in [0, 0.1) is 0 Å². The van der Waals surface area contributed by atoms with Crippen LogP contribution in [-0.2, 0) is 16.4 Å². The van der Waals surface area contributed by atoms with Crippen molar-refractivity contribution in [3.05, 3.63) is 54.3 Å². The number of hydrogen-bond donors (Lipinski definition) is 1. The second kappa shape index (κ2) is 8.41. The number of sulfonamides is 1. The van der Waals surface area contributed by atoms with Crippen LogP contribution in [0.15, 0.2) is 56.4 Å². The van der Waals surface area contributed by atoms with Crippen LogP contribution in [0.1, 0.15) is 36.2 Å². The number of aromatic nitrogens is 2. The maximum Gasteiger partial charge on any atom is 0.309 e. The Labute approximate surface area is 174 Å². The summed E-state index contributed by atoms with van der Waals surface area (Å²) in [4.78, 5) is 12.6. The van der Waals surface area contributed by atoms with Gasteiger partial charge in [0.2, 0.25) is 15.9 Å². The molecule has 0 spiro atoms. The number of furan rings is 1. The molecule has 1 aliphatic heterocycles. The molecule has 1 unspecified atom stereocenters. The SMILES string of the molecule is CC(Cc1ccco1)NC(=O)c1nnc(-c2ccc(S(=O)(=O)N3CCCC3)cc2)o1. The molecule has 0 bridgehead atoms. The molecule has 10 heteroatoms. The first-order valence-corrected chi connectivity index (χ1v) is 11.1. The lowest BCUT2D eigenvalue weighted by Crippen LogP contribution is -2.34. The van der Waals surface area contributed by atoms with Gasteiger partial charge in [0, 0.05) is 31.1 Å². The normalized spacial score (nSPS) is 15.9. The molecule has 2 aromatic heterocycles. The quantitative estimate of drug-likeness (QED) is 0.612. The molecule has 1 atom stereocenters. The van der Waals surface area contributed by atoms with E-state index >= 15 is 0 Å². The summed E-state index contributed by atoms with van der Waals surface area (Å²) in [6, 6.07) is 9.65. The molecule has 1 aromatic carbocycles. The van der Waals surface area contributed by atoms with E-state index in [4.69, 9.17) is 8.83 Å². The third kappa shape index (κ3) is 4.29. The van der Waals surface area contributed by atoms with Gasteiger partial charge >= 0.3 is 11.8 Å². The molecule has 1 fully saturated rings. The Morgan fingerprint density at radius 1 is 1.17 bits per heavy atom. The molecule has 1 aliphatic rings. The van der Waals surface area contributed by atoms with Crippen LogP contribution in [0.4, 0.5) is 0 Å². The third-order valence-corrected chi connectivity index (χ3v) is 6.80. The van der Waals surface area contributed by atoms with Crippen molar-refractivity contribution in [3.8, 4) is 11.5 Å². The highest BCUT2D eigenvalue weighted by molar-refractivity contribution is 7.89. The Morgan fingerprint density at radius 2 is 1.90 bits per heavy atom. The monoisotopic (exact) mass is 430 g/mol. The highest BCUT2D eigenvalue weighted by Crippen LogP contribution is 2.24. The van der Waals surface area contributed by atoms with Gasteiger partial charge in [0.15, 0.2) is 0 Å². The van der Waals surface area contributed by atoms with Gasteiger partial charge in [-0.1, -0.05) is 0 Å². The minimum atomic E-state index is -3.49. The number of amides is 1. The third-order valence-electron chi connectivity index (χ3n) is 4.89. The molecular formula is C20H22N4O5S. The fraction of sp³-hybridized carbons (Fsp3) is 0.350. The lowest BCUT2D eigenvalue weighted by molar-refractivity contribution is 0.0905. The van der Waals surface area contributed by atoms with Gasteiger partial charge in [0.1, 0.15) is 5.76 Å². The number of carbonyl (C=O) groups is 1. The van der Waals surface area contributed by atoms with E-state index in [1.54, 1.807) is 24.5 Å². The van der Waals surface area contributed by atoms with Crippen molar-refractivity contribution in [1.82, 2.24) is 19.8 Å². The van der Waals surface area contributed by atoms with E-state index in [-0.39, 0.29) is 22.7 Å². The number of nitrogens with one attached hydrogen (secondary N) is 1. The molecule has 1 saturated heterocycles. The predicted octanol–water partition coefficient (Wildman–Crippen LogP) is 2.48. The molecule has 0 radical (unpaired) electrons. The van der Waals surface area contributed by atoms with Crippen molar-refractivity contribution < 1.29 is 22.0 Å². The van der Waals surface area contributed by atoms with Crippen molar-refractivity contribution in [3.63, 3.8) is 0 Å². The lowest BCUT2D eigenvalue weighted by atomic mass is 10.2. The van der Waals surface area contributed by atoms with Crippen molar-refractivity contribution >= 4 is 15.9 Å². The predicted molar refractivity (Wildman–Crippen MR) is 107 cm³/mol. The summed E-state index contributed by atoms with van der Waals surface area (Å²) in [5.74, 6) is 0.257. The van der Waals surface area contributed by atoms with E-state index in [0.29, 0.717) is 25.1 Å². The molecule has 9 nitrogen and oxygen atoms in total. The number of benzene rings is 1. The van der Waals surface area contributed by atoms with Gasteiger partial charge in [0.25, 0.3) is 0 Å². The first-order valence-electron chi connectivity index (χ1n) is 9.71. The largest absolute Gasteiger partial charge is 0.469 e. The molecule has 0 saturated carbocycles. The maximum absolute atomic E-state index is 12.6. The van der Waals surface area contributed by atoms with Gasteiger partial charge in [-0.3, -0.25) is 4.79 Å². The second-order valence-corrected chi connectivity index (χ2v) is 9.14. The van der Waals surface area contributed by atoms with Crippen molar-refractivity contribution in [2.45, 2.75) is 37.1 Å². The van der Waals surface area contributed by atoms with E-state index in [1.165, 1.54) is 16.4 Å². The molecular weight excluding hydrogens is 408 g/mol. The molecule has 3 aromatic rings. The van der Waals surface area contributed by atoms with E-state index in [2.05, 4.69) is 15.5 Å². The summed E-state index contributed by atoms with van der Waals surface area (Å²) in [6.45, 7) is 2.94. The van der Waals surface area contributed by atoms with Gasteiger partial charge in [-0.15, -0.1) is 10.2 Å². The number of nitrogens with zero attached hydrogens (tertiary/aromatic N) is 3. The van der Waals surface area contributed by atoms with Gasteiger partial charge in [-0.05, 0) is 56.2 Å². The molecule has 4 rings (SSSR count). The topological polar surface area (TPSA) is 119 Å². The molecule has 0 aliphatic carbocycles. The number of carbonyl (C=O) groups excluding carboxylic acids is 1. The van der Waals surface area contributed by atoms with Gasteiger partial charge in [-0.2, -0.15) is 4.31 Å². The zero-order valence-corrected chi connectivity index (χ0v) is 17.3. The van der Waals surface area contributed by atoms with Crippen LogP contribution < -0.4 is 5.32 Å². The van der Waals surface area contributed by atoms with E-state index in [0.717, 1.165) is 18.6 Å². The summed E-state index contributed by atoms with van der Waals surface area (Å²) >= 11 is 0. The van der Waals surface area contributed by atoms with Gasteiger partial charge in [-0.25, -0.2) is 8.42 Å². The molecule has 3 heterocycles. The smallest absolute Gasteiger partial charge is 0.309 e. The summed E-state index contributed by atoms with van der Waals surface area (Å²) in [5.41, 5.74) is 0.533. The van der Waals surface area contributed by atoms with E-state index in [9.17, 15) is 13.2 Å². The van der Waals surface area contributed by atoms with E-state index in [1.807, 2.05) is 13.0 Å². The molecule has 1 N–H and O–H groups in total. The Kier molecular flexibility index (Phi) is 5.69. The van der Waals surface area contributed by atoms with Crippen molar-refractivity contribution in [1.29, 1.82) is 0 Å². The van der Waals surface area contributed by atoms with Gasteiger partial charge < -0.3 is 14.2 Å². The minimum absolute atomic E-state index is 0.143. The van der Waals surface area contributed by atoms with Crippen molar-refractivity contribution in [2.75, 3.05) is 13.1 Å². The fourth-order valence-electron chi connectivity index (χ4n) is 3.35. The second-order valence-electron chi connectivity index (χ2n) is 7.21. The Morgan fingerprint density at radius 3 is 2.57 bits per heavy atom. The summed E-state index contributed by atoms with van der Waals surface area (Å²) in [5, 5.41) is 10.5. The van der Waals surface area contributed by atoms with Crippen LogP contribution in [0.3, 0.4) is 0 Å². The lowest BCUT2D eigenvalue weighted by Gasteiger charge is -2.15. The highest BCUT2D eigenvalue weighted by Gasteiger charge is 2.27. The zero-order chi connectivity index (χ0) is 21.1. The molecule has 158 valence electrons. The average Bonchev–Trinajstić information content (AvgIpc) is 3.50. The number of rotatable bonds is 7. The van der Waals surface area contributed by atoms with E-state index < -0.39 is 15.9 Å².